The molecule has 0 saturated heterocycles. The average molecular weight is 291 g/mol. The Bertz CT molecular complexity index is 620. The molecule has 1 aromatic heterocycles. The third-order valence-electron chi connectivity index (χ3n) is 2.85. The topological polar surface area (TPSA) is 88.4 Å². The molecular formula is C14H17N3O4. The van der Waals surface area contributed by atoms with Gasteiger partial charge in [0.1, 0.15) is 6.61 Å². The summed E-state index contributed by atoms with van der Waals surface area (Å²) in [5.74, 6) is 0. The predicted molar refractivity (Wildman–Crippen MR) is 74.5 cm³/mol. The Balaban J connectivity index is 1.95. The summed E-state index contributed by atoms with van der Waals surface area (Å²) in [6.45, 7) is 2.66. The fourth-order valence-electron chi connectivity index (χ4n) is 1.82. The number of carbonyl (C=O) groups is 1. The van der Waals surface area contributed by atoms with Crippen LogP contribution in [-0.2, 0) is 17.9 Å². The minimum absolute atomic E-state index is 0.0628. The molecule has 1 amide bonds. The van der Waals surface area contributed by atoms with E-state index in [9.17, 15) is 9.59 Å². The van der Waals surface area contributed by atoms with E-state index in [1.165, 1.54) is 4.90 Å². The van der Waals surface area contributed by atoms with Crippen LogP contribution in [0.1, 0.15) is 24.6 Å². The number of ether oxygens (including phenoxy) is 1. The normalized spacial score (nSPS) is 10.3. The summed E-state index contributed by atoms with van der Waals surface area (Å²) in [6, 6.07) is 9.40. The lowest BCUT2D eigenvalue weighted by atomic mass is 10.2. The van der Waals surface area contributed by atoms with Crippen molar-refractivity contribution in [3.63, 3.8) is 0 Å². The Labute approximate surface area is 121 Å². The van der Waals surface area contributed by atoms with Gasteiger partial charge in [0, 0.05) is 6.54 Å². The maximum absolute atomic E-state index is 12.1. The predicted octanol–water partition coefficient (Wildman–Crippen LogP) is 1.91. The average Bonchev–Trinajstić information content (AvgIpc) is 2.91. The van der Waals surface area contributed by atoms with E-state index in [1.54, 1.807) is 0 Å². The molecule has 0 bridgehead atoms. The molecule has 7 nitrogen and oxygen atoms in total. The molecule has 1 aromatic carbocycles. The van der Waals surface area contributed by atoms with Crippen LogP contribution in [0.25, 0.3) is 0 Å². The maximum Gasteiger partial charge on any atom is 0.410 e. The monoisotopic (exact) mass is 291 g/mol. The van der Waals surface area contributed by atoms with Gasteiger partial charge in [0.2, 0.25) is 0 Å². The molecule has 0 atom stereocenters. The van der Waals surface area contributed by atoms with Gasteiger partial charge in [-0.25, -0.2) is 9.59 Å². The van der Waals surface area contributed by atoms with Gasteiger partial charge in [-0.15, -0.1) is 10.4 Å². The Morgan fingerprint density at radius 1 is 1.38 bits per heavy atom. The van der Waals surface area contributed by atoms with Crippen LogP contribution in [0, 0.1) is 0 Å². The zero-order valence-corrected chi connectivity index (χ0v) is 11.7. The van der Waals surface area contributed by atoms with E-state index in [-0.39, 0.29) is 18.8 Å². The summed E-state index contributed by atoms with van der Waals surface area (Å²) in [6.07, 6.45) is 0.263. The smallest absolute Gasteiger partial charge is 0.410 e. The first-order valence-corrected chi connectivity index (χ1v) is 6.69. The molecule has 1 N–H and O–H groups in total. The number of rotatable bonds is 6. The summed E-state index contributed by atoms with van der Waals surface area (Å²) in [5.41, 5.74) is 0.480. The Morgan fingerprint density at radius 2 is 2.14 bits per heavy atom. The highest BCUT2D eigenvalue weighted by atomic mass is 16.6. The summed E-state index contributed by atoms with van der Waals surface area (Å²) < 4.78 is 9.73. The highest BCUT2D eigenvalue weighted by Gasteiger charge is 2.18. The Kier molecular flexibility index (Phi) is 5.14. The molecule has 112 valence electrons. The Morgan fingerprint density at radius 3 is 2.76 bits per heavy atom. The minimum atomic E-state index is -0.577. The largest absolute Gasteiger partial charge is 0.445 e. The number of aromatic amines is 1. The van der Waals surface area contributed by atoms with Gasteiger partial charge < -0.3 is 14.2 Å². The van der Waals surface area contributed by atoms with Crippen LogP contribution in [0.4, 0.5) is 4.79 Å². The van der Waals surface area contributed by atoms with Crippen molar-refractivity contribution in [1.29, 1.82) is 0 Å². The van der Waals surface area contributed by atoms with Gasteiger partial charge in [-0.1, -0.05) is 37.3 Å². The second-order valence-electron chi connectivity index (χ2n) is 4.50. The van der Waals surface area contributed by atoms with Gasteiger partial charge in [0.05, 0.1) is 6.54 Å². The van der Waals surface area contributed by atoms with E-state index in [0.717, 1.165) is 12.0 Å². The molecule has 0 radical (unpaired) electrons. The van der Waals surface area contributed by atoms with Crippen LogP contribution in [0.3, 0.4) is 0 Å². The van der Waals surface area contributed by atoms with Crippen LogP contribution in [0.5, 0.6) is 0 Å². The van der Waals surface area contributed by atoms with Gasteiger partial charge >= 0.3 is 11.7 Å². The lowest BCUT2D eigenvalue weighted by Gasteiger charge is -2.19. The van der Waals surface area contributed by atoms with Crippen molar-refractivity contribution in [2.24, 2.45) is 0 Å². The van der Waals surface area contributed by atoms with Crippen LogP contribution < -0.4 is 5.63 Å². The molecule has 2 rings (SSSR count). The fraction of sp³-hybridized carbons (Fsp3) is 0.357. The van der Waals surface area contributed by atoms with E-state index in [4.69, 9.17) is 4.74 Å². The summed E-state index contributed by atoms with van der Waals surface area (Å²) >= 11 is 0. The van der Waals surface area contributed by atoms with Crippen molar-refractivity contribution in [3.05, 3.63) is 52.0 Å². The molecule has 0 saturated carbocycles. The number of nitrogens with zero attached hydrogens (tertiary/aromatic N) is 2. The molecule has 1 heterocycles. The first-order chi connectivity index (χ1) is 10.2. The van der Waals surface area contributed by atoms with Crippen molar-refractivity contribution in [1.82, 2.24) is 15.3 Å². The highest BCUT2D eigenvalue weighted by molar-refractivity contribution is 5.67. The van der Waals surface area contributed by atoms with E-state index in [2.05, 4.69) is 14.9 Å². The molecule has 0 aliphatic carbocycles. The third kappa shape index (κ3) is 4.20. The second kappa shape index (κ2) is 7.28. The maximum atomic E-state index is 12.1. The van der Waals surface area contributed by atoms with Gasteiger partial charge in [-0.05, 0) is 12.0 Å². The lowest BCUT2D eigenvalue weighted by molar-refractivity contribution is 0.0931. The van der Waals surface area contributed by atoms with Gasteiger partial charge in [0.15, 0.2) is 5.69 Å². The van der Waals surface area contributed by atoms with Crippen molar-refractivity contribution in [3.8, 4) is 0 Å². The van der Waals surface area contributed by atoms with E-state index < -0.39 is 11.7 Å². The fourth-order valence-corrected chi connectivity index (χ4v) is 1.82. The first kappa shape index (κ1) is 14.8. The minimum Gasteiger partial charge on any atom is -0.445 e. The summed E-state index contributed by atoms with van der Waals surface area (Å²) in [7, 11) is 0. The third-order valence-corrected chi connectivity index (χ3v) is 2.85. The number of H-pyrrole nitrogens is 1. The molecule has 7 heteroatoms. The molecule has 0 unspecified atom stereocenters. The SMILES string of the molecule is CCCN(Cc1n[nH]oc1=O)C(=O)OCc1ccccc1. The molecule has 0 aliphatic heterocycles. The zero-order chi connectivity index (χ0) is 15.1. The van der Waals surface area contributed by atoms with Crippen LogP contribution in [0.15, 0.2) is 39.6 Å². The van der Waals surface area contributed by atoms with Crippen molar-refractivity contribution >= 4 is 6.09 Å². The quantitative estimate of drug-likeness (QED) is 0.878. The number of carbonyl (C=O) groups excluding carboxylic acids is 1. The number of hydrogen-bond acceptors (Lipinski definition) is 5. The van der Waals surface area contributed by atoms with E-state index >= 15 is 0 Å². The van der Waals surface area contributed by atoms with E-state index in [0.29, 0.717) is 6.54 Å². The Hall–Kier alpha value is -2.57. The highest BCUT2D eigenvalue weighted by Crippen LogP contribution is 2.06. The van der Waals surface area contributed by atoms with Gasteiger partial charge in [-0.2, -0.15) is 0 Å². The van der Waals surface area contributed by atoms with Crippen LogP contribution in [-0.4, -0.2) is 27.9 Å². The standard InChI is InChI=1S/C14H17N3O4/c1-2-8-17(9-12-13(18)21-16-15-12)14(19)20-10-11-6-4-3-5-7-11/h3-7,16H,2,8-10H2,1H3. The van der Waals surface area contributed by atoms with Gasteiger partial charge in [0.25, 0.3) is 0 Å². The van der Waals surface area contributed by atoms with Crippen molar-refractivity contribution in [2.75, 3.05) is 6.54 Å². The number of benzene rings is 1. The van der Waals surface area contributed by atoms with Crippen LogP contribution in [0.2, 0.25) is 0 Å². The van der Waals surface area contributed by atoms with Gasteiger partial charge in [-0.3, -0.25) is 0 Å². The van der Waals surface area contributed by atoms with Crippen molar-refractivity contribution in [2.45, 2.75) is 26.5 Å². The molecule has 0 spiro atoms. The molecule has 21 heavy (non-hydrogen) atoms. The zero-order valence-electron chi connectivity index (χ0n) is 11.7. The number of nitrogens with one attached hydrogen (secondary N) is 1. The first-order valence-electron chi connectivity index (χ1n) is 6.69. The number of aromatic nitrogens is 2. The molecule has 0 aliphatic rings. The lowest BCUT2D eigenvalue weighted by Crippen LogP contribution is -2.33. The van der Waals surface area contributed by atoms with Crippen LogP contribution >= 0.6 is 0 Å². The van der Waals surface area contributed by atoms with E-state index in [1.807, 2.05) is 37.3 Å². The molecular weight excluding hydrogens is 274 g/mol. The second-order valence-corrected chi connectivity index (χ2v) is 4.50. The molecule has 2 aromatic rings. The number of amides is 1. The molecule has 0 fully saturated rings. The summed E-state index contributed by atoms with van der Waals surface area (Å²) in [5, 5.41) is 5.81. The summed E-state index contributed by atoms with van der Waals surface area (Å²) in [4.78, 5) is 24.8. The number of hydrogen-bond donors (Lipinski definition) is 1. The van der Waals surface area contributed by atoms with Crippen molar-refractivity contribution < 1.29 is 14.1 Å².